The highest BCUT2D eigenvalue weighted by atomic mass is 19.3. The molecule has 5 rings (SSSR count). The van der Waals surface area contributed by atoms with Gasteiger partial charge in [0.1, 0.15) is 34.1 Å². The molecule has 1 aliphatic rings. The number of carbonyl (C=O) groups is 1. The van der Waals surface area contributed by atoms with Crippen molar-refractivity contribution >= 4 is 22.6 Å². The molecule has 0 spiro atoms. The summed E-state index contributed by atoms with van der Waals surface area (Å²) in [4.78, 5) is 30.0. The first-order valence-corrected chi connectivity index (χ1v) is 12.2. The number of ketones is 1. The highest BCUT2D eigenvalue weighted by Crippen LogP contribution is 2.31. The topological polar surface area (TPSA) is 100 Å². The summed E-state index contributed by atoms with van der Waals surface area (Å²) in [6, 6.07) is 4.91. The first-order chi connectivity index (χ1) is 18.5. The first kappa shape index (κ1) is 26.6. The van der Waals surface area contributed by atoms with Crippen LogP contribution in [0.5, 0.6) is 0 Å². The zero-order chi connectivity index (χ0) is 27.9. The lowest BCUT2D eigenvalue weighted by Crippen LogP contribution is -2.46. The summed E-state index contributed by atoms with van der Waals surface area (Å²) >= 11 is 0. The third-order valence-corrected chi connectivity index (χ3v) is 6.48. The molecule has 1 saturated heterocycles. The number of fused-ring (bicyclic) bond motifs is 1. The monoisotopic (exact) mass is 543 g/mol. The van der Waals surface area contributed by atoms with Gasteiger partial charge in [-0.2, -0.15) is 13.9 Å². The number of halogens is 4. The third-order valence-electron chi connectivity index (χ3n) is 6.48. The van der Waals surface area contributed by atoms with Crippen LogP contribution in [0.3, 0.4) is 0 Å². The van der Waals surface area contributed by atoms with E-state index in [0.717, 1.165) is 6.07 Å². The molecule has 204 valence electrons. The van der Waals surface area contributed by atoms with Crippen molar-refractivity contribution in [2.45, 2.75) is 32.5 Å². The fourth-order valence-electron chi connectivity index (χ4n) is 4.38. The van der Waals surface area contributed by atoms with Crippen LogP contribution in [0.25, 0.3) is 22.3 Å². The van der Waals surface area contributed by atoms with Crippen LogP contribution in [0.2, 0.25) is 0 Å². The molecule has 0 saturated carbocycles. The Kier molecular flexibility index (Phi) is 7.03. The Hall–Kier alpha value is -3.97. The summed E-state index contributed by atoms with van der Waals surface area (Å²) in [5.41, 5.74) is 0.00435. The molecule has 9 nitrogen and oxygen atoms in total. The lowest BCUT2D eigenvalue weighted by molar-refractivity contribution is 0.0482. The summed E-state index contributed by atoms with van der Waals surface area (Å²) in [6.45, 7) is 2.18. The minimum absolute atomic E-state index is 0.00656. The zero-order valence-electron chi connectivity index (χ0n) is 21.2. The van der Waals surface area contributed by atoms with Crippen LogP contribution in [-0.2, 0) is 6.54 Å². The predicted molar refractivity (Wildman–Crippen MR) is 134 cm³/mol. The molecule has 0 bridgehead atoms. The van der Waals surface area contributed by atoms with E-state index in [1.807, 2.05) is 9.80 Å². The number of hydrogen-bond acceptors (Lipinski definition) is 8. The SMILES string of the molecule is CC(C)(O)C(=O)c1cc2nc(-c3cnn(C(F)F)c3)c(N3CCN(Cc4ccc(F)cc4F)CC3)nc2cn1. The van der Waals surface area contributed by atoms with Gasteiger partial charge in [0.15, 0.2) is 5.82 Å². The van der Waals surface area contributed by atoms with E-state index >= 15 is 0 Å². The van der Waals surface area contributed by atoms with Gasteiger partial charge in [-0.25, -0.2) is 23.4 Å². The van der Waals surface area contributed by atoms with Crippen molar-refractivity contribution in [2.24, 2.45) is 0 Å². The number of rotatable bonds is 7. The molecule has 0 amide bonds. The van der Waals surface area contributed by atoms with Gasteiger partial charge in [-0.3, -0.25) is 14.7 Å². The number of alkyl halides is 2. The maximum atomic E-state index is 14.1. The van der Waals surface area contributed by atoms with E-state index in [0.29, 0.717) is 71.1 Å². The minimum Gasteiger partial charge on any atom is -0.382 e. The molecule has 0 atom stereocenters. The molecular formula is C26H25F4N7O2. The van der Waals surface area contributed by atoms with Crippen molar-refractivity contribution in [3.05, 3.63) is 65.7 Å². The van der Waals surface area contributed by atoms with Crippen molar-refractivity contribution in [1.29, 1.82) is 0 Å². The van der Waals surface area contributed by atoms with Crippen LogP contribution in [0.15, 0.2) is 42.9 Å². The summed E-state index contributed by atoms with van der Waals surface area (Å²) in [6.07, 6.45) is 3.82. The summed E-state index contributed by atoms with van der Waals surface area (Å²) < 4.78 is 54.4. The number of pyridine rings is 1. The van der Waals surface area contributed by atoms with Crippen LogP contribution < -0.4 is 4.90 Å². The van der Waals surface area contributed by atoms with E-state index in [1.165, 1.54) is 50.6 Å². The van der Waals surface area contributed by atoms with Crippen molar-refractivity contribution < 1.29 is 27.5 Å². The smallest absolute Gasteiger partial charge is 0.333 e. The number of carbonyl (C=O) groups excluding carboxylic acids is 1. The Balaban J connectivity index is 1.47. The molecule has 4 heterocycles. The van der Waals surface area contributed by atoms with Gasteiger partial charge in [-0.1, -0.05) is 6.07 Å². The Morgan fingerprint density at radius 2 is 1.79 bits per heavy atom. The van der Waals surface area contributed by atoms with Gasteiger partial charge in [0.05, 0.1) is 17.9 Å². The van der Waals surface area contributed by atoms with E-state index in [9.17, 15) is 27.5 Å². The van der Waals surface area contributed by atoms with Crippen molar-refractivity contribution in [2.75, 3.05) is 31.1 Å². The van der Waals surface area contributed by atoms with Gasteiger partial charge in [0.2, 0.25) is 5.78 Å². The highest BCUT2D eigenvalue weighted by molar-refractivity contribution is 6.02. The van der Waals surface area contributed by atoms with Crippen LogP contribution in [0.4, 0.5) is 23.4 Å². The molecule has 3 aromatic heterocycles. The molecule has 4 aromatic rings. The van der Waals surface area contributed by atoms with Crippen LogP contribution in [0.1, 0.15) is 36.4 Å². The van der Waals surface area contributed by atoms with E-state index in [1.54, 1.807) is 0 Å². The Morgan fingerprint density at radius 3 is 2.44 bits per heavy atom. The van der Waals surface area contributed by atoms with E-state index in [4.69, 9.17) is 4.98 Å². The zero-order valence-corrected chi connectivity index (χ0v) is 21.2. The fraction of sp³-hybridized carbons (Fsp3) is 0.346. The largest absolute Gasteiger partial charge is 0.382 e. The van der Waals surface area contributed by atoms with E-state index in [-0.39, 0.29) is 5.69 Å². The number of anilines is 1. The van der Waals surface area contributed by atoms with Crippen molar-refractivity contribution in [3.63, 3.8) is 0 Å². The second-order valence-corrected chi connectivity index (χ2v) is 9.83. The molecule has 0 aliphatic carbocycles. The van der Waals surface area contributed by atoms with Gasteiger partial charge in [0, 0.05) is 56.1 Å². The lowest BCUT2D eigenvalue weighted by atomic mass is 10.0. The molecule has 1 aliphatic heterocycles. The number of aromatic nitrogens is 5. The van der Waals surface area contributed by atoms with Gasteiger partial charge in [0.25, 0.3) is 0 Å². The summed E-state index contributed by atoms with van der Waals surface area (Å²) in [7, 11) is 0. The molecule has 0 unspecified atom stereocenters. The summed E-state index contributed by atoms with van der Waals surface area (Å²) in [5, 5.41) is 13.8. The minimum atomic E-state index is -2.84. The molecule has 39 heavy (non-hydrogen) atoms. The molecule has 1 N–H and O–H groups in total. The van der Waals surface area contributed by atoms with E-state index < -0.39 is 29.6 Å². The van der Waals surface area contributed by atoms with Crippen LogP contribution in [0, 0.1) is 11.6 Å². The molecular weight excluding hydrogens is 518 g/mol. The third kappa shape index (κ3) is 5.59. The molecule has 1 aromatic carbocycles. The fourth-order valence-corrected chi connectivity index (χ4v) is 4.38. The second kappa shape index (κ2) is 10.3. The van der Waals surface area contributed by atoms with E-state index in [2.05, 4.69) is 15.1 Å². The quantitative estimate of drug-likeness (QED) is 0.277. The Morgan fingerprint density at radius 1 is 1.05 bits per heavy atom. The first-order valence-electron chi connectivity index (χ1n) is 12.2. The average Bonchev–Trinajstić information content (AvgIpc) is 3.39. The average molecular weight is 544 g/mol. The molecule has 0 radical (unpaired) electrons. The predicted octanol–water partition coefficient (Wildman–Crippen LogP) is 3.84. The van der Waals surface area contributed by atoms with Crippen molar-refractivity contribution in [3.8, 4) is 11.3 Å². The number of aliphatic hydroxyl groups is 1. The van der Waals surface area contributed by atoms with Crippen molar-refractivity contribution in [1.82, 2.24) is 29.6 Å². The standard InChI is InChI=1S/C26H25F4N7O2/c1-26(2,39)23(38)20-10-19-21(12-31-20)34-24(22(33-19)16-11-32-37(14-16)25(29)30)36-7-5-35(6-8-36)13-15-3-4-17(27)9-18(15)28/h3-4,9-12,14,25,39H,5-8,13H2,1-2H3. The number of piperazine rings is 1. The highest BCUT2D eigenvalue weighted by Gasteiger charge is 2.28. The second-order valence-electron chi connectivity index (χ2n) is 9.83. The number of Topliss-reactive ketones (excluding diaryl/α,β-unsaturated/α-hetero) is 1. The summed E-state index contributed by atoms with van der Waals surface area (Å²) in [5.74, 6) is -1.42. The van der Waals surface area contributed by atoms with Gasteiger partial charge < -0.3 is 10.0 Å². The molecule has 1 fully saturated rings. The maximum absolute atomic E-state index is 14.1. The van der Waals surface area contributed by atoms with Gasteiger partial charge in [-0.15, -0.1) is 0 Å². The number of hydrogen-bond donors (Lipinski definition) is 1. The number of benzene rings is 1. The van der Waals surface area contributed by atoms with Crippen LogP contribution >= 0.6 is 0 Å². The molecule has 13 heteroatoms. The van der Waals surface area contributed by atoms with Crippen LogP contribution in [-0.4, -0.2) is 72.3 Å². The number of nitrogens with zero attached hydrogens (tertiary/aromatic N) is 7. The lowest BCUT2D eigenvalue weighted by Gasteiger charge is -2.36. The van der Waals surface area contributed by atoms with Gasteiger partial charge in [-0.05, 0) is 26.0 Å². The normalized spacial score (nSPS) is 14.9. The Labute approximate surface area is 220 Å². The Bertz CT molecular complexity index is 1530. The maximum Gasteiger partial charge on any atom is 0.333 e. The van der Waals surface area contributed by atoms with Gasteiger partial charge >= 0.3 is 6.55 Å².